The minimum atomic E-state index is -0.0321. The molecule has 3 saturated carbocycles. The molecule has 1 aromatic carbocycles. The van der Waals surface area contributed by atoms with E-state index in [0.717, 1.165) is 19.3 Å². The number of nitrogens with zero attached hydrogens (tertiary/aromatic N) is 1. The molecule has 1 aromatic rings. The molecule has 7 rings (SSSR count). The van der Waals surface area contributed by atoms with Crippen LogP contribution in [0, 0.1) is 5.41 Å². The van der Waals surface area contributed by atoms with Crippen LogP contribution in [0.5, 0.6) is 0 Å². The van der Waals surface area contributed by atoms with Crippen molar-refractivity contribution in [2.45, 2.75) is 55.5 Å². The summed E-state index contributed by atoms with van der Waals surface area (Å²) >= 11 is 0. The Hall–Kier alpha value is -1.35. The number of anilines is 1. The molecule has 0 amide bonds. The number of carbonyl (C=O) groups is 1. The summed E-state index contributed by atoms with van der Waals surface area (Å²) in [5.74, 6) is 0.561. The van der Waals surface area contributed by atoms with Crippen LogP contribution in [0.4, 0.5) is 5.69 Å². The molecule has 1 N–H and O–H groups in total. The first kappa shape index (κ1) is 12.1. The Morgan fingerprint density at radius 3 is 2.91 bits per heavy atom. The lowest BCUT2D eigenvalue weighted by Crippen LogP contribution is -2.75. The molecule has 3 aliphatic heterocycles. The van der Waals surface area contributed by atoms with E-state index >= 15 is 0 Å². The van der Waals surface area contributed by atoms with Gasteiger partial charge < -0.3 is 5.32 Å². The zero-order valence-electron chi connectivity index (χ0n) is 12.9. The Kier molecular flexibility index (Phi) is 1.89. The Morgan fingerprint density at radius 2 is 2.00 bits per heavy atom. The number of para-hydroxylation sites is 1. The summed E-state index contributed by atoms with van der Waals surface area (Å²) in [6.07, 6.45) is 6.61. The number of carbonyl (C=O) groups excluding carboxylic acids is 1. The summed E-state index contributed by atoms with van der Waals surface area (Å²) in [5.41, 5.74) is 2.99. The highest BCUT2D eigenvalue weighted by Gasteiger charge is 2.77. The van der Waals surface area contributed by atoms with Gasteiger partial charge in [-0.3, -0.25) is 9.69 Å². The van der Waals surface area contributed by atoms with Gasteiger partial charge in [-0.1, -0.05) is 18.2 Å². The molecule has 4 atom stereocenters. The van der Waals surface area contributed by atoms with E-state index in [1.165, 1.54) is 43.6 Å². The maximum Gasteiger partial charge on any atom is 0.143 e. The molecule has 114 valence electrons. The smallest absolute Gasteiger partial charge is 0.143 e. The normalized spacial score (nSPS) is 47.8. The van der Waals surface area contributed by atoms with Gasteiger partial charge in [0.25, 0.3) is 0 Å². The summed E-state index contributed by atoms with van der Waals surface area (Å²) in [7, 11) is 0. The number of rotatable bonds is 0. The molecule has 3 nitrogen and oxygen atoms in total. The molecule has 22 heavy (non-hydrogen) atoms. The minimum absolute atomic E-state index is 0.00623. The summed E-state index contributed by atoms with van der Waals surface area (Å²) in [6, 6.07) is 9.35. The monoisotopic (exact) mass is 294 g/mol. The lowest BCUT2D eigenvalue weighted by molar-refractivity contribution is -0.157. The number of hydrogen-bond donors (Lipinski definition) is 1. The van der Waals surface area contributed by atoms with Crippen molar-refractivity contribution < 1.29 is 4.79 Å². The minimum Gasteiger partial charge on any atom is -0.378 e. The standard InChI is InChI=1S/C19H22N2O/c22-15-12-18-8-7-17(15)6-3-10-21-11-9-19(18,16(17)21)13-4-1-2-5-14(13)20-18/h1-2,4-5,16,20H,3,6-12H2/t16-,17-,18-,19+/m0/s1. The van der Waals surface area contributed by atoms with E-state index in [-0.39, 0.29) is 16.4 Å². The quantitative estimate of drug-likeness (QED) is 0.798. The van der Waals surface area contributed by atoms with E-state index in [0.29, 0.717) is 11.8 Å². The molecule has 3 aliphatic carbocycles. The van der Waals surface area contributed by atoms with Gasteiger partial charge in [0.15, 0.2) is 0 Å². The summed E-state index contributed by atoms with van der Waals surface area (Å²) in [4.78, 5) is 15.8. The molecule has 5 fully saturated rings. The molecule has 3 heterocycles. The van der Waals surface area contributed by atoms with Crippen molar-refractivity contribution in [3.8, 4) is 0 Å². The average Bonchev–Trinajstić information content (AvgIpc) is 3.06. The van der Waals surface area contributed by atoms with Crippen molar-refractivity contribution in [3.63, 3.8) is 0 Å². The lowest BCUT2D eigenvalue weighted by atomic mass is 9.41. The molecule has 6 aliphatic rings. The highest BCUT2D eigenvalue weighted by molar-refractivity contribution is 5.93. The molecule has 2 saturated heterocycles. The third-order valence-electron chi connectivity index (χ3n) is 7.87. The van der Waals surface area contributed by atoms with Crippen LogP contribution in [0.15, 0.2) is 24.3 Å². The lowest BCUT2D eigenvalue weighted by Gasteiger charge is -2.65. The number of fused-ring (bicyclic) bond motifs is 3. The Labute approximate surface area is 131 Å². The van der Waals surface area contributed by atoms with E-state index in [1.807, 2.05) is 0 Å². The van der Waals surface area contributed by atoms with Crippen molar-refractivity contribution >= 4 is 11.5 Å². The zero-order valence-corrected chi connectivity index (χ0v) is 12.9. The number of hydrogen-bond acceptors (Lipinski definition) is 3. The second-order valence-electron chi connectivity index (χ2n) is 8.27. The van der Waals surface area contributed by atoms with Gasteiger partial charge in [0.2, 0.25) is 0 Å². The van der Waals surface area contributed by atoms with Gasteiger partial charge in [0.1, 0.15) is 5.78 Å². The van der Waals surface area contributed by atoms with Gasteiger partial charge in [-0.05, 0) is 56.8 Å². The van der Waals surface area contributed by atoms with Crippen molar-refractivity contribution in [3.05, 3.63) is 29.8 Å². The van der Waals surface area contributed by atoms with Crippen molar-refractivity contribution in [1.29, 1.82) is 0 Å². The maximum absolute atomic E-state index is 13.1. The van der Waals surface area contributed by atoms with Gasteiger partial charge in [0.05, 0.1) is 5.54 Å². The predicted molar refractivity (Wildman–Crippen MR) is 85.0 cm³/mol. The van der Waals surface area contributed by atoms with Crippen LogP contribution in [-0.4, -0.2) is 35.4 Å². The largest absolute Gasteiger partial charge is 0.378 e. The molecule has 3 spiro atoms. The molecular formula is C19H22N2O. The predicted octanol–water partition coefficient (Wildman–Crippen LogP) is 2.71. The highest BCUT2D eigenvalue weighted by Crippen LogP contribution is 2.71. The number of nitrogens with one attached hydrogen (secondary N) is 1. The SMILES string of the molecule is O=C1C[C@@]23CC[C@@]14CCCN1CC[C@@]2(c2ccccc2N3)[C@@H]14. The summed E-state index contributed by atoms with van der Waals surface area (Å²) < 4.78 is 0. The van der Waals surface area contributed by atoms with Gasteiger partial charge in [-0.2, -0.15) is 0 Å². The van der Waals surface area contributed by atoms with E-state index in [2.05, 4.69) is 34.5 Å². The number of Topliss-reactive ketones (excluding diaryl/α,β-unsaturated/α-hetero) is 1. The molecule has 0 radical (unpaired) electrons. The molecular weight excluding hydrogens is 272 g/mol. The number of benzene rings is 1. The van der Waals surface area contributed by atoms with Crippen LogP contribution in [0.2, 0.25) is 0 Å². The second kappa shape index (κ2) is 3.43. The van der Waals surface area contributed by atoms with E-state index in [1.54, 1.807) is 0 Å². The average molecular weight is 294 g/mol. The van der Waals surface area contributed by atoms with Crippen molar-refractivity contribution in [2.75, 3.05) is 18.4 Å². The Balaban J connectivity index is 1.69. The van der Waals surface area contributed by atoms with Gasteiger partial charge in [-0.15, -0.1) is 0 Å². The van der Waals surface area contributed by atoms with E-state index in [9.17, 15) is 4.79 Å². The Bertz CT molecular complexity index is 715. The van der Waals surface area contributed by atoms with Gasteiger partial charge in [-0.25, -0.2) is 0 Å². The van der Waals surface area contributed by atoms with Gasteiger partial charge >= 0.3 is 0 Å². The summed E-state index contributed by atoms with van der Waals surface area (Å²) in [6.45, 7) is 2.37. The Morgan fingerprint density at radius 1 is 1.09 bits per heavy atom. The molecule has 3 heteroatoms. The second-order valence-corrected chi connectivity index (χ2v) is 8.27. The zero-order chi connectivity index (χ0) is 14.6. The molecule has 0 unspecified atom stereocenters. The van der Waals surface area contributed by atoms with Crippen LogP contribution in [-0.2, 0) is 10.2 Å². The fourth-order valence-electron chi connectivity index (χ4n) is 7.24. The number of ketones is 1. The van der Waals surface area contributed by atoms with Crippen molar-refractivity contribution in [1.82, 2.24) is 4.90 Å². The van der Waals surface area contributed by atoms with Crippen LogP contribution in [0.25, 0.3) is 0 Å². The van der Waals surface area contributed by atoms with Crippen LogP contribution >= 0.6 is 0 Å². The first-order valence-corrected chi connectivity index (χ1v) is 8.87. The van der Waals surface area contributed by atoms with Crippen LogP contribution < -0.4 is 5.32 Å². The molecule has 0 aromatic heterocycles. The fourth-order valence-corrected chi connectivity index (χ4v) is 7.24. The van der Waals surface area contributed by atoms with E-state index in [4.69, 9.17) is 0 Å². The highest BCUT2D eigenvalue weighted by atomic mass is 16.1. The maximum atomic E-state index is 13.1. The third kappa shape index (κ3) is 0.989. The fraction of sp³-hybridized carbons (Fsp3) is 0.632. The third-order valence-corrected chi connectivity index (χ3v) is 7.87. The molecule has 2 bridgehead atoms. The topological polar surface area (TPSA) is 32.3 Å². The summed E-state index contributed by atoms with van der Waals surface area (Å²) in [5, 5.41) is 3.87. The van der Waals surface area contributed by atoms with Crippen LogP contribution in [0.3, 0.4) is 0 Å². The van der Waals surface area contributed by atoms with Crippen molar-refractivity contribution in [2.24, 2.45) is 5.41 Å². The van der Waals surface area contributed by atoms with Gasteiger partial charge in [0, 0.05) is 29.0 Å². The first-order valence-electron chi connectivity index (χ1n) is 8.87. The van der Waals surface area contributed by atoms with Crippen LogP contribution in [0.1, 0.15) is 44.1 Å². The first-order chi connectivity index (χ1) is 10.7. The van der Waals surface area contributed by atoms with E-state index < -0.39 is 0 Å². The number of piperidine rings is 1.